The molecule has 0 radical (unpaired) electrons. The van der Waals surface area contributed by atoms with Crippen LogP contribution in [0.1, 0.15) is 32.1 Å². The number of morpholine rings is 1. The molecule has 6 heteroatoms. The van der Waals surface area contributed by atoms with E-state index in [1.165, 1.54) is 6.42 Å². The summed E-state index contributed by atoms with van der Waals surface area (Å²) in [6, 6.07) is 7.93. The Hall–Kier alpha value is -1.92. The fourth-order valence-electron chi connectivity index (χ4n) is 3.74. The van der Waals surface area contributed by atoms with Gasteiger partial charge in [0.2, 0.25) is 0 Å². The van der Waals surface area contributed by atoms with Crippen LogP contribution >= 0.6 is 0 Å². The summed E-state index contributed by atoms with van der Waals surface area (Å²) in [5.74, 6) is 1.63. The molecule has 1 aromatic heterocycles. The van der Waals surface area contributed by atoms with Crippen LogP contribution in [0.3, 0.4) is 0 Å². The monoisotopic (exact) mass is 342 g/mol. The van der Waals surface area contributed by atoms with Gasteiger partial charge in [0.05, 0.1) is 29.8 Å². The number of nitrogens with one attached hydrogen (secondary N) is 1. The van der Waals surface area contributed by atoms with Crippen molar-refractivity contribution in [2.45, 2.75) is 37.7 Å². The molecule has 2 heterocycles. The lowest BCUT2D eigenvalue weighted by atomic mass is 9.85. The fourth-order valence-corrected chi connectivity index (χ4v) is 3.74. The molecule has 1 saturated carbocycles. The van der Waals surface area contributed by atoms with Gasteiger partial charge in [-0.25, -0.2) is 9.97 Å². The van der Waals surface area contributed by atoms with Crippen LogP contribution < -0.4 is 10.2 Å². The first-order valence-corrected chi connectivity index (χ1v) is 9.29. The van der Waals surface area contributed by atoms with Crippen LogP contribution in [0.25, 0.3) is 11.0 Å². The number of hydrogen-bond acceptors (Lipinski definition) is 6. The van der Waals surface area contributed by atoms with E-state index in [0.29, 0.717) is 19.8 Å². The highest BCUT2D eigenvalue weighted by atomic mass is 16.5. The third-order valence-electron chi connectivity index (χ3n) is 5.23. The number of hydrogen-bond donors (Lipinski definition) is 2. The largest absolute Gasteiger partial charge is 0.388 e. The van der Waals surface area contributed by atoms with Crippen LogP contribution in [0, 0.1) is 0 Å². The van der Waals surface area contributed by atoms with Gasteiger partial charge in [-0.2, -0.15) is 0 Å². The predicted molar refractivity (Wildman–Crippen MR) is 99.1 cm³/mol. The molecule has 2 aromatic rings. The van der Waals surface area contributed by atoms with E-state index >= 15 is 0 Å². The Morgan fingerprint density at radius 2 is 1.72 bits per heavy atom. The molecule has 4 rings (SSSR count). The molecule has 134 valence electrons. The Labute approximate surface area is 148 Å². The Morgan fingerprint density at radius 1 is 1.04 bits per heavy atom. The highest BCUT2D eigenvalue weighted by molar-refractivity contribution is 5.80. The highest BCUT2D eigenvalue weighted by Gasteiger charge is 2.30. The zero-order valence-electron chi connectivity index (χ0n) is 14.6. The number of benzene rings is 1. The summed E-state index contributed by atoms with van der Waals surface area (Å²) in [6.07, 6.45) is 5.12. The summed E-state index contributed by atoms with van der Waals surface area (Å²) in [5.41, 5.74) is 1.14. The van der Waals surface area contributed by atoms with E-state index in [0.717, 1.165) is 61.4 Å². The molecule has 2 N–H and O–H groups in total. The summed E-state index contributed by atoms with van der Waals surface area (Å²) in [4.78, 5) is 11.9. The smallest absolute Gasteiger partial charge is 0.172 e. The van der Waals surface area contributed by atoms with Crippen molar-refractivity contribution in [1.82, 2.24) is 9.97 Å². The molecule has 2 aliphatic rings. The van der Waals surface area contributed by atoms with Crippen molar-refractivity contribution < 1.29 is 9.84 Å². The number of nitrogens with zero attached hydrogens (tertiary/aromatic N) is 3. The molecule has 2 fully saturated rings. The molecule has 0 amide bonds. The molecule has 0 spiro atoms. The first-order valence-electron chi connectivity index (χ1n) is 9.29. The Bertz CT molecular complexity index is 724. The standard InChI is InChI=1S/C19H26N4O2/c24-19(8-4-1-5-9-19)14-20-17-18(23-10-12-25-13-11-23)22-16-7-3-2-6-15(16)21-17/h2-3,6-7,24H,1,4-5,8-14H2,(H,20,21). The first kappa shape index (κ1) is 16.5. The number of ether oxygens (including phenoxy) is 1. The quantitative estimate of drug-likeness (QED) is 0.890. The second kappa shape index (κ2) is 7.14. The van der Waals surface area contributed by atoms with Crippen LogP contribution in [-0.4, -0.2) is 53.5 Å². The second-order valence-corrected chi connectivity index (χ2v) is 7.12. The van der Waals surface area contributed by atoms with Gasteiger partial charge < -0.3 is 20.1 Å². The van der Waals surface area contributed by atoms with Gasteiger partial charge in [0, 0.05) is 19.6 Å². The predicted octanol–water partition coefficient (Wildman–Crippen LogP) is 2.57. The molecule has 25 heavy (non-hydrogen) atoms. The highest BCUT2D eigenvalue weighted by Crippen LogP contribution is 2.30. The molecule has 1 aliphatic heterocycles. The molecular formula is C19H26N4O2. The maximum Gasteiger partial charge on any atom is 0.172 e. The second-order valence-electron chi connectivity index (χ2n) is 7.12. The van der Waals surface area contributed by atoms with Gasteiger partial charge in [-0.3, -0.25) is 0 Å². The molecule has 6 nitrogen and oxygen atoms in total. The van der Waals surface area contributed by atoms with Crippen LogP contribution in [0.5, 0.6) is 0 Å². The van der Waals surface area contributed by atoms with E-state index in [-0.39, 0.29) is 0 Å². The van der Waals surface area contributed by atoms with Crippen molar-refractivity contribution in [3.05, 3.63) is 24.3 Å². The molecule has 0 atom stereocenters. The van der Waals surface area contributed by atoms with E-state index in [9.17, 15) is 5.11 Å². The van der Waals surface area contributed by atoms with Gasteiger partial charge in [-0.05, 0) is 25.0 Å². The van der Waals surface area contributed by atoms with Gasteiger partial charge >= 0.3 is 0 Å². The van der Waals surface area contributed by atoms with Crippen molar-refractivity contribution in [2.75, 3.05) is 43.1 Å². The molecular weight excluding hydrogens is 316 g/mol. The number of aliphatic hydroxyl groups is 1. The lowest BCUT2D eigenvalue weighted by Crippen LogP contribution is -2.40. The van der Waals surface area contributed by atoms with E-state index in [2.05, 4.69) is 10.2 Å². The topological polar surface area (TPSA) is 70.5 Å². The zero-order valence-corrected chi connectivity index (χ0v) is 14.6. The minimum atomic E-state index is -0.631. The first-order chi connectivity index (χ1) is 12.2. The van der Waals surface area contributed by atoms with E-state index in [4.69, 9.17) is 14.7 Å². The average molecular weight is 342 g/mol. The van der Waals surface area contributed by atoms with Crippen molar-refractivity contribution in [2.24, 2.45) is 0 Å². The number of para-hydroxylation sites is 2. The van der Waals surface area contributed by atoms with Crippen molar-refractivity contribution in [1.29, 1.82) is 0 Å². The van der Waals surface area contributed by atoms with E-state index in [1.54, 1.807) is 0 Å². The number of rotatable bonds is 4. The number of anilines is 2. The summed E-state index contributed by atoms with van der Waals surface area (Å²) < 4.78 is 5.47. The molecule has 1 aromatic carbocycles. The van der Waals surface area contributed by atoms with Gasteiger partial charge in [0.1, 0.15) is 0 Å². The summed E-state index contributed by atoms with van der Waals surface area (Å²) >= 11 is 0. The SMILES string of the molecule is OC1(CNc2nc3ccccc3nc2N2CCOCC2)CCCCC1. The number of fused-ring (bicyclic) bond motifs is 1. The molecule has 1 saturated heterocycles. The van der Waals surface area contributed by atoms with Crippen LogP contribution in [0.4, 0.5) is 11.6 Å². The van der Waals surface area contributed by atoms with Crippen molar-refractivity contribution in [3.63, 3.8) is 0 Å². The summed E-state index contributed by atoms with van der Waals surface area (Å²) in [6.45, 7) is 3.56. The van der Waals surface area contributed by atoms with Gasteiger partial charge in [-0.15, -0.1) is 0 Å². The lowest BCUT2D eigenvalue weighted by Gasteiger charge is -2.33. The van der Waals surface area contributed by atoms with Crippen molar-refractivity contribution in [3.8, 4) is 0 Å². The Kier molecular flexibility index (Phi) is 4.72. The lowest BCUT2D eigenvalue weighted by molar-refractivity contribution is 0.0166. The minimum Gasteiger partial charge on any atom is -0.388 e. The fraction of sp³-hybridized carbons (Fsp3) is 0.579. The Morgan fingerprint density at radius 3 is 2.44 bits per heavy atom. The normalized spacial score (nSPS) is 20.6. The van der Waals surface area contributed by atoms with E-state index < -0.39 is 5.60 Å². The van der Waals surface area contributed by atoms with Gasteiger partial charge in [-0.1, -0.05) is 31.4 Å². The zero-order chi connectivity index (χ0) is 17.1. The third kappa shape index (κ3) is 3.70. The molecule has 1 aliphatic carbocycles. The maximum atomic E-state index is 10.8. The summed E-state index contributed by atoms with van der Waals surface area (Å²) in [5, 5.41) is 14.2. The van der Waals surface area contributed by atoms with Crippen molar-refractivity contribution >= 4 is 22.7 Å². The van der Waals surface area contributed by atoms with E-state index in [1.807, 2.05) is 24.3 Å². The Balaban J connectivity index is 1.62. The number of aromatic nitrogens is 2. The molecule has 0 unspecified atom stereocenters. The third-order valence-corrected chi connectivity index (χ3v) is 5.23. The minimum absolute atomic E-state index is 0.525. The average Bonchev–Trinajstić information content (AvgIpc) is 2.67. The van der Waals surface area contributed by atoms with Gasteiger partial charge in [0.25, 0.3) is 0 Å². The van der Waals surface area contributed by atoms with Crippen LogP contribution in [0.15, 0.2) is 24.3 Å². The maximum absolute atomic E-state index is 10.8. The van der Waals surface area contributed by atoms with Crippen LogP contribution in [-0.2, 0) is 4.74 Å². The van der Waals surface area contributed by atoms with Gasteiger partial charge in [0.15, 0.2) is 11.6 Å². The van der Waals surface area contributed by atoms with Crippen LogP contribution in [0.2, 0.25) is 0 Å². The molecule has 0 bridgehead atoms. The summed E-state index contributed by atoms with van der Waals surface area (Å²) in [7, 11) is 0.